The number of rotatable bonds is 11. The van der Waals surface area contributed by atoms with Crippen molar-refractivity contribution in [1.82, 2.24) is 14.8 Å². The zero-order chi connectivity index (χ0) is 28.7. The van der Waals surface area contributed by atoms with Crippen LogP contribution in [-0.2, 0) is 17.3 Å². The van der Waals surface area contributed by atoms with E-state index in [0.717, 1.165) is 28.6 Å². The van der Waals surface area contributed by atoms with E-state index in [1.54, 1.807) is 12.1 Å². The normalized spacial score (nSPS) is 12.2. The first-order valence-electron chi connectivity index (χ1n) is 12.9. The van der Waals surface area contributed by atoms with Gasteiger partial charge in [-0.15, -0.1) is 0 Å². The Balaban J connectivity index is 1.63. The van der Waals surface area contributed by atoms with Crippen molar-refractivity contribution in [2.24, 2.45) is 0 Å². The van der Waals surface area contributed by atoms with Crippen molar-refractivity contribution in [3.63, 3.8) is 0 Å². The molecular weight excluding hydrogens is 523 g/mol. The number of ether oxygens (including phenoxy) is 2. The van der Waals surface area contributed by atoms with Crippen molar-refractivity contribution in [2.45, 2.75) is 38.8 Å². The molecule has 2 aromatic carbocycles. The van der Waals surface area contributed by atoms with Crippen LogP contribution in [-0.4, -0.2) is 45.7 Å². The summed E-state index contributed by atoms with van der Waals surface area (Å²) in [7, 11) is 0. The van der Waals surface area contributed by atoms with E-state index in [4.69, 9.17) is 14.6 Å². The minimum Gasteiger partial charge on any atom is -0.494 e. The minimum atomic E-state index is -4.86. The van der Waals surface area contributed by atoms with Crippen LogP contribution in [0.25, 0.3) is 17.1 Å². The van der Waals surface area contributed by atoms with Crippen LogP contribution in [0.15, 0.2) is 72.9 Å². The Morgan fingerprint density at radius 3 is 2.50 bits per heavy atom. The monoisotopic (exact) mass is 553 g/mol. The molecule has 4 aromatic rings. The average molecular weight is 554 g/mol. The number of aliphatic hydroxyl groups excluding tert-OH is 1. The molecule has 40 heavy (non-hydrogen) atoms. The first-order valence-corrected chi connectivity index (χ1v) is 12.9. The second kappa shape index (κ2) is 12.8. The molecule has 0 fully saturated rings. The third kappa shape index (κ3) is 6.69. The van der Waals surface area contributed by atoms with Crippen molar-refractivity contribution in [1.29, 1.82) is 0 Å². The van der Waals surface area contributed by atoms with Gasteiger partial charge in [0.2, 0.25) is 0 Å². The number of alkyl halides is 3. The van der Waals surface area contributed by atoms with Crippen molar-refractivity contribution in [2.75, 3.05) is 19.8 Å². The SMILES string of the molecule is CCOC(=O)c1cnn(-c2cccc(-c3ccccc3C(C)Cc3ccc(OCCCO)cc3)n2)c1C(F)(F)F. The number of carbonyl (C=O) groups excluding carboxylic acids is 1. The zero-order valence-corrected chi connectivity index (χ0v) is 22.2. The fraction of sp³-hybridized carbons (Fsp3) is 0.300. The zero-order valence-electron chi connectivity index (χ0n) is 22.2. The average Bonchev–Trinajstić information content (AvgIpc) is 3.41. The first kappa shape index (κ1) is 28.8. The fourth-order valence-electron chi connectivity index (χ4n) is 4.44. The maximum atomic E-state index is 14.0. The van der Waals surface area contributed by atoms with E-state index < -0.39 is 23.4 Å². The highest BCUT2D eigenvalue weighted by Crippen LogP contribution is 2.35. The van der Waals surface area contributed by atoms with Crippen molar-refractivity contribution in [3.8, 4) is 22.8 Å². The molecule has 0 saturated carbocycles. The highest BCUT2D eigenvalue weighted by atomic mass is 19.4. The van der Waals surface area contributed by atoms with Crippen LogP contribution in [0.2, 0.25) is 0 Å². The van der Waals surface area contributed by atoms with E-state index in [2.05, 4.69) is 17.0 Å². The lowest BCUT2D eigenvalue weighted by atomic mass is 9.89. The highest BCUT2D eigenvalue weighted by Gasteiger charge is 2.41. The van der Waals surface area contributed by atoms with Gasteiger partial charge in [0.25, 0.3) is 0 Å². The maximum absolute atomic E-state index is 14.0. The molecule has 0 amide bonds. The number of hydrogen-bond acceptors (Lipinski definition) is 6. The molecule has 0 radical (unpaired) electrons. The Hall–Kier alpha value is -4.18. The van der Waals surface area contributed by atoms with E-state index in [1.165, 1.54) is 13.0 Å². The minimum absolute atomic E-state index is 0.0629. The second-order valence-electron chi connectivity index (χ2n) is 9.18. The molecule has 0 bridgehead atoms. The summed E-state index contributed by atoms with van der Waals surface area (Å²) in [6.45, 7) is 4.05. The summed E-state index contributed by atoms with van der Waals surface area (Å²) in [6.07, 6.45) is -2.72. The molecular formula is C30H30F3N3O4. The van der Waals surface area contributed by atoms with Gasteiger partial charge in [0.05, 0.1) is 25.1 Å². The Morgan fingerprint density at radius 1 is 1.05 bits per heavy atom. The molecule has 10 heteroatoms. The van der Waals surface area contributed by atoms with E-state index in [9.17, 15) is 18.0 Å². The first-order chi connectivity index (χ1) is 19.2. The predicted octanol–water partition coefficient (Wildman–Crippen LogP) is 6.24. The number of aliphatic hydroxyl groups is 1. The molecule has 0 aliphatic carbocycles. The standard InChI is InChI=1S/C30H30F3N3O4/c1-3-39-29(38)25-19-34-36(28(25)30(31,32)33)27-11-6-10-26(35-27)24-9-5-4-8-23(24)20(2)18-21-12-14-22(15-13-21)40-17-7-16-37/h4-6,8-15,19-20,37H,3,7,16-18H2,1-2H3. The van der Waals surface area contributed by atoms with Crippen LogP contribution >= 0.6 is 0 Å². The molecule has 0 spiro atoms. The van der Waals surface area contributed by atoms with Crippen LogP contribution in [0.5, 0.6) is 5.75 Å². The highest BCUT2D eigenvalue weighted by molar-refractivity contribution is 5.90. The summed E-state index contributed by atoms with van der Waals surface area (Å²) >= 11 is 0. The van der Waals surface area contributed by atoms with Crippen LogP contribution in [0.1, 0.15) is 53.4 Å². The van der Waals surface area contributed by atoms with Crippen LogP contribution in [0, 0.1) is 0 Å². The van der Waals surface area contributed by atoms with E-state index in [1.807, 2.05) is 48.5 Å². The molecule has 1 unspecified atom stereocenters. The smallest absolute Gasteiger partial charge is 0.434 e. The maximum Gasteiger partial charge on any atom is 0.434 e. The summed E-state index contributed by atoms with van der Waals surface area (Å²) in [4.78, 5) is 16.7. The summed E-state index contributed by atoms with van der Waals surface area (Å²) in [5.41, 5.74) is 1.44. The summed E-state index contributed by atoms with van der Waals surface area (Å²) in [5, 5.41) is 12.8. The van der Waals surface area contributed by atoms with Gasteiger partial charge in [-0.2, -0.15) is 18.3 Å². The number of esters is 1. The van der Waals surface area contributed by atoms with Gasteiger partial charge >= 0.3 is 12.1 Å². The molecule has 1 N–H and O–H groups in total. The lowest BCUT2D eigenvalue weighted by molar-refractivity contribution is -0.143. The Bertz CT molecular complexity index is 1430. The molecule has 1 atom stereocenters. The van der Waals surface area contributed by atoms with Gasteiger partial charge in [0, 0.05) is 18.6 Å². The fourth-order valence-corrected chi connectivity index (χ4v) is 4.44. The van der Waals surface area contributed by atoms with Gasteiger partial charge in [0.1, 0.15) is 11.3 Å². The van der Waals surface area contributed by atoms with Crippen LogP contribution < -0.4 is 4.74 Å². The topological polar surface area (TPSA) is 86.5 Å². The number of carbonyl (C=O) groups is 1. The van der Waals surface area contributed by atoms with Gasteiger partial charge in [-0.1, -0.05) is 49.4 Å². The number of benzene rings is 2. The second-order valence-corrected chi connectivity index (χ2v) is 9.18. The van der Waals surface area contributed by atoms with Crippen LogP contribution in [0.3, 0.4) is 0 Å². The number of pyridine rings is 1. The lowest BCUT2D eigenvalue weighted by Gasteiger charge is -2.18. The van der Waals surface area contributed by atoms with Gasteiger partial charge in [-0.05, 0) is 54.7 Å². The van der Waals surface area contributed by atoms with E-state index in [0.29, 0.717) is 29.8 Å². The summed E-state index contributed by atoms with van der Waals surface area (Å²) < 4.78 is 53.1. The predicted molar refractivity (Wildman–Crippen MR) is 144 cm³/mol. The number of hydrogen-bond donors (Lipinski definition) is 1. The molecule has 210 valence electrons. The number of halogens is 3. The molecule has 0 aliphatic rings. The third-order valence-electron chi connectivity index (χ3n) is 6.29. The largest absolute Gasteiger partial charge is 0.494 e. The van der Waals surface area contributed by atoms with E-state index in [-0.39, 0.29) is 24.9 Å². The third-order valence-corrected chi connectivity index (χ3v) is 6.29. The molecule has 4 rings (SSSR count). The molecule has 7 nitrogen and oxygen atoms in total. The summed E-state index contributed by atoms with van der Waals surface area (Å²) in [6, 6.07) is 20.2. The van der Waals surface area contributed by atoms with Gasteiger partial charge in [0.15, 0.2) is 11.5 Å². The van der Waals surface area contributed by atoms with Crippen molar-refractivity contribution < 1.29 is 32.5 Å². The Morgan fingerprint density at radius 2 is 1.80 bits per heavy atom. The molecule has 0 aliphatic heterocycles. The van der Waals surface area contributed by atoms with Crippen molar-refractivity contribution >= 4 is 5.97 Å². The van der Waals surface area contributed by atoms with Crippen LogP contribution in [0.4, 0.5) is 13.2 Å². The van der Waals surface area contributed by atoms with Gasteiger partial charge in [-0.25, -0.2) is 14.5 Å². The molecule has 2 aromatic heterocycles. The number of nitrogens with zero attached hydrogens (tertiary/aromatic N) is 3. The lowest BCUT2D eigenvalue weighted by Crippen LogP contribution is -2.19. The van der Waals surface area contributed by atoms with Gasteiger partial charge < -0.3 is 14.6 Å². The van der Waals surface area contributed by atoms with Gasteiger partial charge in [-0.3, -0.25) is 0 Å². The number of aromatic nitrogens is 3. The van der Waals surface area contributed by atoms with E-state index >= 15 is 0 Å². The van der Waals surface area contributed by atoms with Crippen molar-refractivity contribution in [3.05, 3.63) is 95.3 Å². The summed E-state index contributed by atoms with van der Waals surface area (Å²) in [5.74, 6) is -0.372. The quantitative estimate of drug-likeness (QED) is 0.175. The Kier molecular flexibility index (Phi) is 9.21. The Labute approximate surface area is 230 Å². The molecule has 2 heterocycles. The molecule has 0 saturated heterocycles.